The van der Waals surface area contributed by atoms with Crippen molar-refractivity contribution in [2.24, 2.45) is 11.7 Å². The Morgan fingerprint density at radius 2 is 2.04 bits per heavy atom. The predicted molar refractivity (Wildman–Crippen MR) is 84.3 cm³/mol. The van der Waals surface area contributed by atoms with Crippen LogP contribution in [-0.2, 0) is 0 Å². The maximum atomic E-state index is 13.3. The number of ether oxygens (including phenoxy) is 1. The number of alkyl halides is 2. The first kappa shape index (κ1) is 17.3. The Morgan fingerprint density at radius 3 is 2.61 bits per heavy atom. The van der Waals surface area contributed by atoms with Crippen LogP contribution in [0.2, 0.25) is 0 Å². The van der Waals surface area contributed by atoms with Gasteiger partial charge in [0.25, 0.3) is 6.43 Å². The van der Waals surface area contributed by atoms with E-state index in [0.717, 1.165) is 6.42 Å². The number of aromatic amines is 1. The highest BCUT2D eigenvalue weighted by atomic mass is 19.3. The van der Waals surface area contributed by atoms with Crippen LogP contribution in [-0.4, -0.2) is 27.3 Å². The fraction of sp³-hybridized carbons (Fsp3) is 0.500. The number of hydrogen-bond acceptors (Lipinski definition) is 4. The molecule has 0 aromatic carbocycles. The van der Waals surface area contributed by atoms with Crippen LogP contribution in [0.25, 0.3) is 11.4 Å². The molecule has 0 radical (unpaired) electrons. The standard InChI is InChI=1S/C16H22F2N4O/c1-10(2)8-16(3,19)9-23-13-5-4-11(12-6-7-20-22-12)21-14(13)15(17)18/h4-7,10,15H,8-9,19H2,1-3H3,(H,20,22)/t16-/m0/s1. The van der Waals surface area contributed by atoms with Crippen LogP contribution < -0.4 is 10.5 Å². The average molecular weight is 324 g/mol. The van der Waals surface area contributed by atoms with E-state index in [1.165, 1.54) is 12.3 Å². The smallest absolute Gasteiger partial charge is 0.284 e. The monoisotopic (exact) mass is 324 g/mol. The molecule has 0 unspecified atom stereocenters. The zero-order valence-electron chi connectivity index (χ0n) is 13.5. The van der Waals surface area contributed by atoms with E-state index in [1.807, 2.05) is 6.92 Å². The summed E-state index contributed by atoms with van der Waals surface area (Å²) in [6.45, 7) is 6.10. The molecule has 2 heterocycles. The van der Waals surface area contributed by atoms with E-state index in [9.17, 15) is 8.78 Å². The van der Waals surface area contributed by atoms with Crippen LogP contribution in [0.1, 0.15) is 39.3 Å². The molecular weight excluding hydrogens is 302 g/mol. The third-order valence-corrected chi connectivity index (χ3v) is 3.30. The van der Waals surface area contributed by atoms with Gasteiger partial charge < -0.3 is 10.5 Å². The number of nitrogens with zero attached hydrogens (tertiary/aromatic N) is 2. The predicted octanol–water partition coefficient (Wildman–Crippen LogP) is 3.55. The van der Waals surface area contributed by atoms with Gasteiger partial charge in [0.2, 0.25) is 0 Å². The van der Waals surface area contributed by atoms with E-state index in [2.05, 4.69) is 29.0 Å². The number of hydrogen-bond donors (Lipinski definition) is 2. The van der Waals surface area contributed by atoms with Gasteiger partial charge in [-0.2, -0.15) is 5.10 Å². The summed E-state index contributed by atoms with van der Waals surface area (Å²) in [5, 5.41) is 6.49. The summed E-state index contributed by atoms with van der Waals surface area (Å²) in [6, 6.07) is 4.78. The number of aromatic nitrogens is 3. The second-order valence-corrected chi connectivity index (χ2v) is 6.39. The molecule has 0 saturated heterocycles. The van der Waals surface area contributed by atoms with Crippen molar-refractivity contribution in [2.45, 2.75) is 39.2 Å². The van der Waals surface area contributed by atoms with E-state index < -0.39 is 17.7 Å². The van der Waals surface area contributed by atoms with Crippen LogP contribution in [0, 0.1) is 5.92 Å². The van der Waals surface area contributed by atoms with E-state index in [4.69, 9.17) is 10.5 Å². The van der Waals surface area contributed by atoms with Crippen molar-refractivity contribution in [2.75, 3.05) is 6.61 Å². The van der Waals surface area contributed by atoms with Crippen molar-refractivity contribution >= 4 is 0 Å². The van der Waals surface area contributed by atoms with Gasteiger partial charge in [-0.15, -0.1) is 0 Å². The summed E-state index contributed by atoms with van der Waals surface area (Å²) in [4.78, 5) is 3.99. The summed E-state index contributed by atoms with van der Waals surface area (Å²) in [6.07, 6.45) is -0.465. The first-order valence-corrected chi connectivity index (χ1v) is 7.49. The number of H-pyrrole nitrogens is 1. The minimum absolute atomic E-state index is 0.0590. The van der Waals surface area contributed by atoms with Gasteiger partial charge in [-0.25, -0.2) is 13.8 Å². The van der Waals surface area contributed by atoms with Gasteiger partial charge in [0.1, 0.15) is 18.1 Å². The van der Waals surface area contributed by atoms with Crippen molar-refractivity contribution in [1.82, 2.24) is 15.2 Å². The molecule has 7 heteroatoms. The van der Waals surface area contributed by atoms with Gasteiger partial charge in [-0.3, -0.25) is 5.10 Å². The summed E-state index contributed by atoms with van der Waals surface area (Å²) < 4.78 is 32.1. The van der Waals surface area contributed by atoms with Gasteiger partial charge in [0.05, 0.1) is 11.4 Å². The molecule has 0 aliphatic rings. The molecule has 5 nitrogen and oxygen atoms in total. The van der Waals surface area contributed by atoms with Gasteiger partial charge in [0, 0.05) is 11.7 Å². The second-order valence-electron chi connectivity index (χ2n) is 6.39. The van der Waals surface area contributed by atoms with Crippen molar-refractivity contribution in [3.8, 4) is 17.1 Å². The average Bonchev–Trinajstić information content (AvgIpc) is 2.97. The maximum Gasteiger partial charge on any atom is 0.284 e. The molecule has 23 heavy (non-hydrogen) atoms. The van der Waals surface area contributed by atoms with Gasteiger partial charge in [0.15, 0.2) is 0 Å². The molecule has 2 rings (SSSR count). The van der Waals surface area contributed by atoms with E-state index in [0.29, 0.717) is 17.3 Å². The minimum atomic E-state index is -2.73. The van der Waals surface area contributed by atoms with Crippen molar-refractivity contribution < 1.29 is 13.5 Å². The minimum Gasteiger partial charge on any atom is -0.490 e. The Labute approximate surface area is 134 Å². The van der Waals surface area contributed by atoms with Gasteiger partial charge in [-0.05, 0) is 37.5 Å². The Balaban J connectivity index is 2.18. The van der Waals surface area contributed by atoms with Crippen LogP contribution in [0.15, 0.2) is 24.4 Å². The Morgan fingerprint density at radius 1 is 1.30 bits per heavy atom. The largest absolute Gasteiger partial charge is 0.490 e. The van der Waals surface area contributed by atoms with Crippen LogP contribution in [0.4, 0.5) is 8.78 Å². The Bertz CT molecular complexity index is 627. The van der Waals surface area contributed by atoms with Crippen molar-refractivity contribution in [3.05, 3.63) is 30.1 Å². The highest BCUT2D eigenvalue weighted by molar-refractivity contribution is 5.55. The fourth-order valence-corrected chi connectivity index (χ4v) is 2.52. The second kappa shape index (κ2) is 7.04. The molecule has 0 fully saturated rings. The summed E-state index contributed by atoms with van der Waals surface area (Å²) in [5.41, 5.74) is 6.14. The third-order valence-electron chi connectivity index (χ3n) is 3.30. The SMILES string of the molecule is CC(C)C[C@](C)(N)COc1ccc(-c2ccn[nH]2)nc1C(F)F. The summed E-state index contributed by atoms with van der Waals surface area (Å²) in [5.74, 6) is 0.452. The molecule has 3 N–H and O–H groups in total. The topological polar surface area (TPSA) is 76.8 Å². The molecule has 0 aliphatic carbocycles. The van der Waals surface area contributed by atoms with Gasteiger partial charge >= 0.3 is 0 Å². The zero-order valence-corrected chi connectivity index (χ0v) is 13.5. The number of pyridine rings is 1. The van der Waals surface area contributed by atoms with Crippen LogP contribution >= 0.6 is 0 Å². The quantitative estimate of drug-likeness (QED) is 0.816. The first-order valence-electron chi connectivity index (χ1n) is 7.49. The summed E-state index contributed by atoms with van der Waals surface area (Å²) in [7, 11) is 0. The normalized spacial score (nSPS) is 14.3. The molecule has 2 aromatic heterocycles. The third kappa shape index (κ3) is 4.72. The Hall–Kier alpha value is -2.02. The highest BCUT2D eigenvalue weighted by Gasteiger charge is 2.24. The van der Waals surface area contributed by atoms with E-state index in [-0.39, 0.29) is 12.4 Å². The van der Waals surface area contributed by atoms with Crippen LogP contribution in [0.5, 0.6) is 5.75 Å². The molecule has 0 spiro atoms. The highest BCUT2D eigenvalue weighted by Crippen LogP contribution is 2.30. The molecule has 0 amide bonds. The lowest BCUT2D eigenvalue weighted by molar-refractivity contribution is 0.134. The van der Waals surface area contributed by atoms with E-state index in [1.54, 1.807) is 12.1 Å². The number of halogens is 2. The summed E-state index contributed by atoms with van der Waals surface area (Å²) >= 11 is 0. The molecule has 0 bridgehead atoms. The lowest BCUT2D eigenvalue weighted by atomic mass is 9.93. The Kier molecular flexibility index (Phi) is 5.30. The molecule has 0 aliphatic heterocycles. The number of rotatable bonds is 7. The molecule has 1 atom stereocenters. The lowest BCUT2D eigenvalue weighted by Crippen LogP contribution is -2.43. The first-order chi connectivity index (χ1) is 10.8. The zero-order chi connectivity index (χ0) is 17.0. The number of nitrogens with two attached hydrogens (primary N) is 1. The fourth-order valence-electron chi connectivity index (χ4n) is 2.52. The lowest BCUT2D eigenvalue weighted by Gasteiger charge is -2.27. The molecule has 2 aromatic rings. The molecule has 0 saturated carbocycles. The van der Waals surface area contributed by atoms with Crippen molar-refractivity contribution in [1.29, 1.82) is 0 Å². The molecular formula is C16H22F2N4O. The maximum absolute atomic E-state index is 13.3. The molecule has 126 valence electrons. The van der Waals surface area contributed by atoms with Crippen molar-refractivity contribution in [3.63, 3.8) is 0 Å². The van der Waals surface area contributed by atoms with Gasteiger partial charge in [-0.1, -0.05) is 13.8 Å². The number of nitrogens with one attached hydrogen (secondary N) is 1. The van der Waals surface area contributed by atoms with Crippen LogP contribution in [0.3, 0.4) is 0 Å². The van der Waals surface area contributed by atoms with E-state index >= 15 is 0 Å².